The summed E-state index contributed by atoms with van der Waals surface area (Å²) in [5.41, 5.74) is 1.09. The van der Waals surface area contributed by atoms with Crippen LogP contribution in [-0.4, -0.2) is 53.6 Å². The summed E-state index contributed by atoms with van der Waals surface area (Å²) in [5, 5.41) is 0. The molecule has 2 heterocycles. The Hall–Kier alpha value is -1.08. The van der Waals surface area contributed by atoms with E-state index in [1.165, 1.54) is 11.8 Å². The van der Waals surface area contributed by atoms with Crippen LogP contribution >= 0.6 is 15.9 Å². The largest absolute Gasteiger partial charge is 0.401 e. The summed E-state index contributed by atoms with van der Waals surface area (Å²) in [7, 11) is 0. The SMILES string of the molecule is CC(=O)N1[C@@H]2CN(CC(F)(F)F)C[C@H]1C2c1ccc(Br)cc1. The van der Waals surface area contributed by atoms with E-state index >= 15 is 0 Å². The minimum atomic E-state index is -4.20. The number of rotatable bonds is 2. The molecule has 1 amide bonds. The highest BCUT2D eigenvalue weighted by atomic mass is 79.9. The minimum absolute atomic E-state index is 0.0602. The van der Waals surface area contributed by atoms with Gasteiger partial charge in [-0.25, -0.2) is 0 Å². The highest BCUT2D eigenvalue weighted by Crippen LogP contribution is 2.45. The van der Waals surface area contributed by atoms with E-state index in [2.05, 4.69) is 15.9 Å². The van der Waals surface area contributed by atoms with Crippen molar-refractivity contribution in [3.8, 4) is 0 Å². The van der Waals surface area contributed by atoms with Gasteiger partial charge in [-0.15, -0.1) is 0 Å². The van der Waals surface area contributed by atoms with Crippen molar-refractivity contribution in [1.29, 1.82) is 0 Å². The van der Waals surface area contributed by atoms with Crippen molar-refractivity contribution < 1.29 is 18.0 Å². The standard InChI is InChI=1S/C15H16BrF3N2O/c1-9(22)21-12-6-20(8-15(17,18)19)7-13(21)14(12)10-2-4-11(16)5-3-10/h2-5,12-14H,6-8H2,1H3/t12-,13+,14?. The van der Waals surface area contributed by atoms with Gasteiger partial charge in [-0.2, -0.15) is 13.2 Å². The van der Waals surface area contributed by atoms with Gasteiger partial charge in [0.25, 0.3) is 0 Å². The molecule has 0 aromatic heterocycles. The third kappa shape index (κ3) is 2.88. The third-order valence-corrected chi connectivity index (χ3v) is 4.98. The van der Waals surface area contributed by atoms with Gasteiger partial charge < -0.3 is 4.90 Å². The molecule has 1 aromatic carbocycles. The van der Waals surface area contributed by atoms with Crippen LogP contribution in [0.1, 0.15) is 18.4 Å². The maximum absolute atomic E-state index is 12.6. The molecule has 7 heteroatoms. The normalized spacial score (nSPS) is 28.4. The van der Waals surface area contributed by atoms with E-state index in [-0.39, 0.29) is 37.0 Å². The van der Waals surface area contributed by atoms with Crippen molar-refractivity contribution in [2.45, 2.75) is 31.1 Å². The molecule has 0 N–H and O–H groups in total. The molecule has 0 spiro atoms. The Morgan fingerprint density at radius 3 is 2.23 bits per heavy atom. The van der Waals surface area contributed by atoms with Crippen LogP contribution in [0.4, 0.5) is 13.2 Å². The molecule has 3 nitrogen and oxygen atoms in total. The van der Waals surface area contributed by atoms with Crippen molar-refractivity contribution in [1.82, 2.24) is 9.80 Å². The number of fused-ring (bicyclic) bond motifs is 2. The van der Waals surface area contributed by atoms with E-state index < -0.39 is 12.7 Å². The van der Waals surface area contributed by atoms with Crippen LogP contribution < -0.4 is 0 Å². The lowest BCUT2D eigenvalue weighted by molar-refractivity contribution is -0.178. The molecule has 2 bridgehead atoms. The molecule has 2 saturated heterocycles. The van der Waals surface area contributed by atoms with Gasteiger partial charge in [0.05, 0.1) is 18.6 Å². The zero-order valence-electron chi connectivity index (χ0n) is 12.0. The Morgan fingerprint density at radius 1 is 1.23 bits per heavy atom. The van der Waals surface area contributed by atoms with E-state index in [0.717, 1.165) is 10.0 Å². The second-order valence-corrected chi connectivity index (χ2v) is 6.86. The average molecular weight is 377 g/mol. The van der Waals surface area contributed by atoms with Crippen molar-refractivity contribution >= 4 is 21.8 Å². The maximum Gasteiger partial charge on any atom is 0.401 e. The Labute approximate surface area is 135 Å². The molecule has 3 rings (SSSR count). The van der Waals surface area contributed by atoms with Crippen LogP contribution in [0.5, 0.6) is 0 Å². The van der Waals surface area contributed by atoms with Crippen molar-refractivity contribution in [3.63, 3.8) is 0 Å². The third-order valence-electron chi connectivity index (χ3n) is 4.46. The number of alkyl halides is 3. The van der Waals surface area contributed by atoms with E-state index in [0.29, 0.717) is 0 Å². The number of hydrogen-bond donors (Lipinski definition) is 0. The first-order valence-electron chi connectivity index (χ1n) is 7.10. The molecule has 1 aromatic rings. The summed E-state index contributed by atoms with van der Waals surface area (Å²) in [5.74, 6) is 0.0662. The van der Waals surface area contributed by atoms with Crippen LogP contribution in [-0.2, 0) is 4.79 Å². The topological polar surface area (TPSA) is 23.6 Å². The summed E-state index contributed by atoms with van der Waals surface area (Å²) < 4.78 is 38.7. The predicted molar refractivity (Wildman–Crippen MR) is 79.5 cm³/mol. The number of piperazine rings is 1. The first kappa shape index (κ1) is 15.8. The van der Waals surface area contributed by atoms with Crippen molar-refractivity contribution in [3.05, 3.63) is 34.3 Å². The number of hydrogen-bond acceptors (Lipinski definition) is 2. The molecular weight excluding hydrogens is 361 g/mol. The molecule has 2 aliphatic heterocycles. The van der Waals surface area contributed by atoms with Crippen LogP contribution in [0.25, 0.3) is 0 Å². The molecule has 0 radical (unpaired) electrons. The molecule has 3 atom stereocenters. The zero-order valence-corrected chi connectivity index (χ0v) is 13.6. The molecule has 2 aliphatic rings. The quantitative estimate of drug-likeness (QED) is 0.791. The van der Waals surface area contributed by atoms with Gasteiger partial charge in [0.2, 0.25) is 5.91 Å². The summed E-state index contributed by atoms with van der Waals surface area (Å²) >= 11 is 3.38. The second-order valence-electron chi connectivity index (χ2n) is 5.95. The van der Waals surface area contributed by atoms with Gasteiger partial charge in [0, 0.05) is 30.4 Å². The molecule has 2 fully saturated rings. The number of carbonyl (C=O) groups excluding carboxylic acids is 1. The monoisotopic (exact) mass is 376 g/mol. The average Bonchev–Trinajstić information content (AvgIpc) is 2.38. The number of carbonyl (C=O) groups is 1. The number of likely N-dealkylation sites (tertiary alicyclic amines) is 1. The molecular formula is C15H16BrF3N2O. The van der Waals surface area contributed by atoms with Gasteiger partial charge in [-0.1, -0.05) is 28.1 Å². The van der Waals surface area contributed by atoms with Crippen LogP contribution in [0.2, 0.25) is 0 Å². The Kier molecular flexibility index (Phi) is 3.97. The molecule has 1 unspecified atom stereocenters. The fourth-order valence-corrected chi connectivity index (χ4v) is 4.00. The summed E-state index contributed by atoms with van der Waals surface area (Å²) in [6.45, 7) is 1.13. The van der Waals surface area contributed by atoms with E-state index in [1.54, 1.807) is 4.90 Å². The van der Waals surface area contributed by atoms with E-state index in [4.69, 9.17) is 0 Å². The van der Waals surface area contributed by atoms with Crippen molar-refractivity contribution in [2.24, 2.45) is 0 Å². The zero-order chi connectivity index (χ0) is 16.1. The first-order chi connectivity index (χ1) is 10.3. The van der Waals surface area contributed by atoms with Gasteiger partial charge in [0.15, 0.2) is 0 Å². The van der Waals surface area contributed by atoms with Crippen LogP contribution in [0, 0.1) is 0 Å². The van der Waals surface area contributed by atoms with Gasteiger partial charge in [-0.3, -0.25) is 9.69 Å². The van der Waals surface area contributed by atoms with Crippen LogP contribution in [0.15, 0.2) is 28.7 Å². The fourth-order valence-electron chi connectivity index (χ4n) is 3.73. The second kappa shape index (κ2) is 5.53. The maximum atomic E-state index is 12.6. The number of halogens is 4. The Balaban J connectivity index is 1.78. The molecule has 0 saturated carbocycles. The number of piperidine rings is 1. The van der Waals surface area contributed by atoms with Gasteiger partial charge >= 0.3 is 6.18 Å². The predicted octanol–water partition coefficient (Wildman–Crippen LogP) is 3.01. The summed E-state index contributed by atoms with van der Waals surface area (Å²) in [4.78, 5) is 14.9. The number of amides is 1. The first-order valence-corrected chi connectivity index (χ1v) is 7.89. The highest BCUT2D eigenvalue weighted by Gasteiger charge is 2.55. The lowest BCUT2D eigenvalue weighted by Gasteiger charge is -2.61. The molecule has 0 aliphatic carbocycles. The van der Waals surface area contributed by atoms with Crippen molar-refractivity contribution in [2.75, 3.05) is 19.6 Å². The van der Waals surface area contributed by atoms with E-state index in [9.17, 15) is 18.0 Å². The number of nitrogens with zero attached hydrogens (tertiary/aromatic N) is 2. The smallest absolute Gasteiger partial charge is 0.333 e. The lowest BCUT2D eigenvalue weighted by Crippen LogP contribution is -2.74. The molecule has 120 valence electrons. The molecule has 22 heavy (non-hydrogen) atoms. The van der Waals surface area contributed by atoms with Gasteiger partial charge in [-0.05, 0) is 17.7 Å². The highest BCUT2D eigenvalue weighted by molar-refractivity contribution is 9.10. The van der Waals surface area contributed by atoms with Crippen LogP contribution in [0.3, 0.4) is 0 Å². The summed E-state index contributed by atoms with van der Waals surface area (Å²) in [6, 6.07) is 7.47. The number of benzene rings is 1. The minimum Gasteiger partial charge on any atom is -0.333 e. The van der Waals surface area contributed by atoms with E-state index in [1.807, 2.05) is 24.3 Å². The Morgan fingerprint density at radius 2 is 1.77 bits per heavy atom. The fraction of sp³-hybridized carbons (Fsp3) is 0.533. The summed E-state index contributed by atoms with van der Waals surface area (Å²) in [6.07, 6.45) is -4.20. The van der Waals surface area contributed by atoms with Gasteiger partial charge in [0.1, 0.15) is 0 Å². The Bertz CT molecular complexity index is 561. The lowest BCUT2D eigenvalue weighted by atomic mass is 9.71.